The average Bonchev–Trinajstić information content (AvgIpc) is 2.04. The van der Waals surface area contributed by atoms with Crippen LogP contribution in [0.15, 0.2) is 23.3 Å². The van der Waals surface area contributed by atoms with E-state index in [2.05, 4.69) is 0 Å². The summed E-state index contributed by atoms with van der Waals surface area (Å²) in [6.45, 7) is 0. The summed E-state index contributed by atoms with van der Waals surface area (Å²) in [6, 6.07) is 0. The second-order valence-electron chi connectivity index (χ2n) is 2.34. The van der Waals surface area contributed by atoms with Gasteiger partial charge in [0.1, 0.15) is 0 Å². The number of aldehydes is 1. The Hall–Kier alpha value is -1.38. The fourth-order valence-electron chi connectivity index (χ4n) is 1.05. The van der Waals surface area contributed by atoms with Gasteiger partial charge in [0, 0.05) is 11.1 Å². The van der Waals surface area contributed by atoms with Crippen LogP contribution in [0.3, 0.4) is 0 Å². The zero-order valence-corrected chi connectivity index (χ0v) is 6.04. The van der Waals surface area contributed by atoms with Crippen LogP contribution in [0.2, 0.25) is 0 Å². The molecule has 0 atom stereocenters. The first-order valence-corrected chi connectivity index (χ1v) is 3.41. The molecular weight excluding hydrogens is 142 g/mol. The van der Waals surface area contributed by atoms with Crippen LogP contribution >= 0.6 is 0 Å². The van der Waals surface area contributed by atoms with Crippen molar-refractivity contribution in [1.29, 1.82) is 0 Å². The maximum atomic E-state index is 10.7. The molecule has 0 aromatic carbocycles. The zero-order valence-electron chi connectivity index (χ0n) is 6.04. The van der Waals surface area contributed by atoms with Crippen molar-refractivity contribution in [2.45, 2.75) is 12.8 Å². The van der Waals surface area contributed by atoms with E-state index in [1.54, 1.807) is 12.2 Å². The molecule has 3 heteroatoms. The smallest absolute Gasteiger partial charge is 0.249 e. The molecule has 2 N–H and O–H groups in total. The van der Waals surface area contributed by atoms with Gasteiger partial charge in [0.25, 0.3) is 0 Å². The highest BCUT2D eigenvalue weighted by molar-refractivity contribution is 6.04. The first-order chi connectivity index (χ1) is 5.25. The Bertz CT molecular complexity index is 251. The van der Waals surface area contributed by atoms with Crippen molar-refractivity contribution in [2.24, 2.45) is 5.73 Å². The molecule has 58 valence electrons. The zero-order chi connectivity index (χ0) is 8.27. The van der Waals surface area contributed by atoms with Gasteiger partial charge < -0.3 is 5.73 Å². The third kappa shape index (κ3) is 1.55. The molecule has 0 unspecified atom stereocenters. The standard InChI is InChI=1S/C8H9NO2/c9-8(11)7-4-2-1-3-6(7)5-10/h3-5H,1-2H2,(H2,9,11). The quantitative estimate of drug-likeness (QED) is 0.577. The second kappa shape index (κ2) is 3.14. The highest BCUT2D eigenvalue weighted by Gasteiger charge is 2.12. The van der Waals surface area contributed by atoms with Crippen molar-refractivity contribution in [3.8, 4) is 0 Å². The molecule has 3 nitrogen and oxygen atoms in total. The Balaban J connectivity index is 2.92. The number of rotatable bonds is 2. The average molecular weight is 151 g/mol. The third-order valence-electron chi connectivity index (χ3n) is 1.58. The normalized spacial score (nSPS) is 16.7. The van der Waals surface area contributed by atoms with Crippen molar-refractivity contribution in [3.63, 3.8) is 0 Å². The highest BCUT2D eigenvalue weighted by Crippen LogP contribution is 2.15. The van der Waals surface area contributed by atoms with E-state index in [-0.39, 0.29) is 0 Å². The Kier molecular flexibility index (Phi) is 2.21. The van der Waals surface area contributed by atoms with Crippen LogP contribution < -0.4 is 5.73 Å². The lowest BCUT2D eigenvalue weighted by Gasteiger charge is -2.06. The van der Waals surface area contributed by atoms with Crippen molar-refractivity contribution < 1.29 is 9.59 Å². The Morgan fingerprint density at radius 3 is 2.55 bits per heavy atom. The summed E-state index contributed by atoms with van der Waals surface area (Å²) >= 11 is 0. The van der Waals surface area contributed by atoms with E-state index in [0.29, 0.717) is 17.4 Å². The van der Waals surface area contributed by atoms with Crippen LogP contribution in [0, 0.1) is 0 Å². The second-order valence-corrected chi connectivity index (χ2v) is 2.34. The first kappa shape index (κ1) is 7.72. The SMILES string of the molecule is NC(=O)C1=CCCC=C1C=O. The summed E-state index contributed by atoms with van der Waals surface area (Å²) in [5.41, 5.74) is 5.80. The molecule has 0 aromatic heterocycles. The summed E-state index contributed by atoms with van der Waals surface area (Å²) in [4.78, 5) is 21.0. The van der Waals surface area contributed by atoms with Crippen LogP contribution in [0.4, 0.5) is 0 Å². The Morgan fingerprint density at radius 2 is 2.09 bits per heavy atom. The van der Waals surface area contributed by atoms with Crippen molar-refractivity contribution in [1.82, 2.24) is 0 Å². The molecule has 1 aliphatic carbocycles. The van der Waals surface area contributed by atoms with Crippen LogP contribution in [0.1, 0.15) is 12.8 Å². The summed E-state index contributed by atoms with van der Waals surface area (Å²) in [5, 5.41) is 0. The molecule has 11 heavy (non-hydrogen) atoms. The summed E-state index contributed by atoms with van der Waals surface area (Å²) in [5.74, 6) is -0.525. The van der Waals surface area contributed by atoms with E-state index in [0.717, 1.165) is 12.8 Å². The highest BCUT2D eigenvalue weighted by atomic mass is 16.1. The molecule has 0 saturated heterocycles. The van der Waals surface area contributed by atoms with Crippen molar-refractivity contribution in [2.75, 3.05) is 0 Å². The third-order valence-corrected chi connectivity index (χ3v) is 1.58. The van der Waals surface area contributed by atoms with Gasteiger partial charge in [0.05, 0.1) is 0 Å². The molecule has 0 fully saturated rings. The molecular formula is C8H9NO2. The molecule has 1 aliphatic rings. The summed E-state index contributed by atoms with van der Waals surface area (Å²) in [7, 11) is 0. The summed E-state index contributed by atoms with van der Waals surface area (Å²) < 4.78 is 0. The number of allylic oxidation sites excluding steroid dienone is 2. The number of nitrogens with two attached hydrogens (primary N) is 1. The van der Waals surface area contributed by atoms with Crippen LogP contribution in [0.5, 0.6) is 0 Å². The molecule has 1 rings (SSSR count). The monoisotopic (exact) mass is 151 g/mol. The Labute approximate surface area is 64.6 Å². The van der Waals surface area contributed by atoms with Gasteiger partial charge in [-0.25, -0.2) is 0 Å². The molecule has 1 amide bonds. The van der Waals surface area contributed by atoms with Gasteiger partial charge in [0.2, 0.25) is 5.91 Å². The largest absolute Gasteiger partial charge is 0.366 e. The number of carbonyl (C=O) groups is 2. The lowest BCUT2D eigenvalue weighted by Crippen LogP contribution is -2.17. The van der Waals surface area contributed by atoms with Gasteiger partial charge >= 0.3 is 0 Å². The van der Waals surface area contributed by atoms with Crippen molar-refractivity contribution in [3.05, 3.63) is 23.3 Å². The van der Waals surface area contributed by atoms with Gasteiger partial charge in [-0.3, -0.25) is 9.59 Å². The molecule has 0 bridgehead atoms. The summed E-state index contributed by atoms with van der Waals surface area (Å²) in [6.07, 6.45) is 5.69. The number of carbonyl (C=O) groups excluding carboxylic acids is 2. The molecule has 0 aliphatic heterocycles. The van der Waals surface area contributed by atoms with Gasteiger partial charge in [-0.2, -0.15) is 0 Å². The van der Waals surface area contributed by atoms with E-state index in [1.165, 1.54) is 0 Å². The number of hydrogen-bond donors (Lipinski definition) is 1. The first-order valence-electron chi connectivity index (χ1n) is 3.41. The maximum absolute atomic E-state index is 10.7. The topological polar surface area (TPSA) is 60.2 Å². The van der Waals surface area contributed by atoms with E-state index < -0.39 is 5.91 Å². The van der Waals surface area contributed by atoms with Crippen molar-refractivity contribution >= 4 is 12.2 Å². The molecule has 0 heterocycles. The van der Waals surface area contributed by atoms with E-state index in [1.807, 2.05) is 0 Å². The minimum atomic E-state index is -0.525. The van der Waals surface area contributed by atoms with Gasteiger partial charge in [-0.1, -0.05) is 12.2 Å². The number of primary amides is 1. The predicted octanol–water partition coefficient (Wildman–Crippen LogP) is 0.317. The minimum absolute atomic E-state index is 0.353. The fraction of sp³-hybridized carbons (Fsp3) is 0.250. The van der Waals surface area contributed by atoms with Crippen LogP contribution in [-0.2, 0) is 9.59 Å². The van der Waals surface area contributed by atoms with Gasteiger partial charge in [0.15, 0.2) is 6.29 Å². The fourth-order valence-corrected chi connectivity index (χ4v) is 1.05. The lowest BCUT2D eigenvalue weighted by atomic mass is 9.99. The lowest BCUT2D eigenvalue weighted by molar-refractivity contribution is -0.115. The van der Waals surface area contributed by atoms with Crippen LogP contribution in [0.25, 0.3) is 0 Å². The molecule has 0 radical (unpaired) electrons. The van der Waals surface area contributed by atoms with Crippen LogP contribution in [-0.4, -0.2) is 12.2 Å². The number of amides is 1. The molecule has 0 saturated carbocycles. The van der Waals surface area contributed by atoms with E-state index >= 15 is 0 Å². The molecule has 0 spiro atoms. The number of hydrogen-bond acceptors (Lipinski definition) is 2. The predicted molar refractivity (Wildman–Crippen MR) is 40.7 cm³/mol. The minimum Gasteiger partial charge on any atom is -0.366 e. The maximum Gasteiger partial charge on any atom is 0.249 e. The Morgan fingerprint density at radius 1 is 1.45 bits per heavy atom. The van der Waals surface area contributed by atoms with Gasteiger partial charge in [-0.05, 0) is 12.8 Å². The van der Waals surface area contributed by atoms with Gasteiger partial charge in [-0.15, -0.1) is 0 Å². The molecule has 0 aromatic rings. The van der Waals surface area contributed by atoms with E-state index in [4.69, 9.17) is 5.73 Å². The van der Waals surface area contributed by atoms with E-state index in [9.17, 15) is 9.59 Å².